The molecule has 2 N–H and O–H groups in total. The van der Waals surface area contributed by atoms with Crippen LogP contribution in [0, 0.1) is 5.41 Å². The second-order valence-corrected chi connectivity index (χ2v) is 9.98. The Hall–Kier alpha value is -3.19. The van der Waals surface area contributed by atoms with Gasteiger partial charge in [0.1, 0.15) is 29.1 Å². The summed E-state index contributed by atoms with van der Waals surface area (Å²) in [5.41, 5.74) is 10.1. The van der Waals surface area contributed by atoms with Gasteiger partial charge in [0, 0.05) is 40.3 Å². The van der Waals surface area contributed by atoms with Gasteiger partial charge in [-0.05, 0) is 48.7 Å². The monoisotopic (exact) mass is 444 g/mol. The van der Waals surface area contributed by atoms with Crippen molar-refractivity contribution in [3.63, 3.8) is 0 Å². The Balaban J connectivity index is 1.66. The summed E-state index contributed by atoms with van der Waals surface area (Å²) in [5, 5.41) is 0.562. The van der Waals surface area contributed by atoms with Crippen LogP contribution in [0.15, 0.2) is 60.1 Å². The molecule has 0 fully saturated rings. The lowest BCUT2D eigenvalue weighted by atomic mass is 9.78. The van der Waals surface area contributed by atoms with Gasteiger partial charge in [0.05, 0.1) is 0 Å². The van der Waals surface area contributed by atoms with Gasteiger partial charge < -0.3 is 10.5 Å². The summed E-state index contributed by atoms with van der Waals surface area (Å²) in [5.74, 6) is 2.40. The maximum absolute atomic E-state index is 12.1. The van der Waals surface area contributed by atoms with Crippen LogP contribution in [0.3, 0.4) is 0 Å². The molecule has 1 aromatic heterocycles. The van der Waals surface area contributed by atoms with Crippen molar-refractivity contribution in [3.8, 4) is 22.6 Å². The van der Waals surface area contributed by atoms with E-state index in [2.05, 4.69) is 22.1 Å². The maximum Gasteiger partial charge on any atom is 0.155 e. The lowest BCUT2D eigenvalue weighted by Gasteiger charge is -2.35. The first-order chi connectivity index (χ1) is 15.3. The molecule has 5 rings (SSSR count). The molecule has 162 valence electrons. The molecule has 0 saturated heterocycles. The van der Waals surface area contributed by atoms with Crippen LogP contribution < -0.4 is 10.5 Å². The molecule has 32 heavy (non-hydrogen) atoms. The van der Waals surface area contributed by atoms with E-state index in [-0.39, 0.29) is 5.78 Å². The fourth-order valence-electron chi connectivity index (χ4n) is 4.27. The van der Waals surface area contributed by atoms with Crippen LogP contribution in [0.4, 0.5) is 0 Å². The number of amidine groups is 1. The van der Waals surface area contributed by atoms with Gasteiger partial charge >= 0.3 is 0 Å². The number of rotatable bonds is 4. The molecule has 0 saturated carbocycles. The molecule has 3 aromatic rings. The fraction of sp³-hybridized carbons (Fsp3) is 0.280. The molecule has 7 heteroatoms. The van der Waals surface area contributed by atoms with Gasteiger partial charge in [-0.15, -0.1) is 0 Å². The molecule has 2 aliphatic heterocycles. The molecule has 2 aromatic carbocycles. The number of fused-ring (bicyclic) bond motifs is 4. The standard InChI is InChI=1S/C25H24N4O2S/c1-15(30)24(2,3)10-16-4-6-21-19(8-16)25(13-32-23(26)29-25)20-9-17(5-7-22(20)31-21)18-11-27-14-28-12-18/h4-9,11-12,14H,10,13H2,1-3H3,(H2,26,29). The van der Waals surface area contributed by atoms with Crippen LogP contribution in [0.2, 0.25) is 0 Å². The Morgan fingerprint density at radius 1 is 1.09 bits per heavy atom. The highest BCUT2D eigenvalue weighted by Crippen LogP contribution is 2.53. The van der Waals surface area contributed by atoms with E-state index in [0.717, 1.165) is 39.3 Å². The molecule has 2 aliphatic rings. The molecule has 1 spiro atoms. The first-order valence-electron chi connectivity index (χ1n) is 10.5. The Kier molecular flexibility index (Phi) is 4.82. The van der Waals surface area contributed by atoms with Crippen LogP contribution in [0.25, 0.3) is 11.1 Å². The number of ether oxygens (including phenoxy) is 1. The topological polar surface area (TPSA) is 90.5 Å². The van der Waals surface area contributed by atoms with Crippen molar-refractivity contribution in [1.82, 2.24) is 9.97 Å². The third-order valence-corrected chi connectivity index (χ3v) is 7.31. The number of thioether (sulfide) groups is 1. The summed E-state index contributed by atoms with van der Waals surface area (Å²) in [4.78, 5) is 25.4. The minimum atomic E-state index is -0.639. The number of carbonyl (C=O) groups excluding carboxylic acids is 1. The number of nitrogens with zero attached hydrogens (tertiary/aromatic N) is 3. The van der Waals surface area contributed by atoms with Crippen molar-refractivity contribution in [3.05, 3.63) is 71.8 Å². The third kappa shape index (κ3) is 3.37. The predicted octanol–water partition coefficient (Wildman–Crippen LogP) is 4.71. The third-order valence-electron chi connectivity index (χ3n) is 6.36. The molecule has 0 bridgehead atoms. The van der Waals surface area contributed by atoms with E-state index in [9.17, 15) is 4.79 Å². The minimum Gasteiger partial charge on any atom is -0.457 e. The van der Waals surface area contributed by atoms with Gasteiger partial charge in [-0.25, -0.2) is 15.0 Å². The summed E-state index contributed by atoms with van der Waals surface area (Å²) in [6.45, 7) is 5.60. The van der Waals surface area contributed by atoms with E-state index in [0.29, 0.717) is 17.3 Å². The van der Waals surface area contributed by atoms with Gasteiger partial charge in [-0.2, -0.15) is 0 Å². The van der Waals surface area contributed by atoms with Gasteiger partial charge in [0.25, 0.3) is 0 Å². The zero-order chi connectivity index (χ0) is 22.5. The molecule has 0 amide bonds. The first kappa shape index (κ1) is 20.7. The van der Waals surface area contributed by atoms with Crippen LogP contribution in [0.1, 0.15) is 37.5 Å². The Morgan fingerprint density at radius 2 is 1.78 bits per heavy atom. The number of Topliss-reactive ketones (excluding diaryl/α,β-unsaturated/α-hetero) is 1. The molecule has 0 aliphatic carbocycles. The highest BCUT2D eigenvalue weighted by atomic mass is 32.2. The Labute approximate surface area is 191 Å². The molecular formula is C25H24N4O2S. The van der Waals surface area contributed by atoms with Gasteiger partial charge in [0.2, 0.25) is 0 Å². The second kappa shape index (κ2) is 7.45. The van der Waals surface area contributed by atoms with E-state index in [1.807, 2.05) is 38.1 Å². The lowest BCUT2D eigenvalue weighted by molar-refractivity contribution is -0.124. The summed E-state index contributed by atoms with van der Waals surface area (Å²) in [7, 11) is 0. The highest BCUT2D eigenvalue weighted by molar-refractivity contribution is 8.14. The first-order valence-corrected chi connectivity index (χ1v) is 11.5. The number of benzene rings is 2. The van der Waals surface area contributed by atoms with E-state index in [1.54, 1.807) is 31.1 Å². The molecule has 1 unspecified atom stereocenters. The maximum atomic E-state index is 12.1. The normalized spacial score (nSPS) is 19.2. The van der Waals surface area contributed by atoms with Crippen molar-refractivity contribution < 1.29 is 9.53 Å². The van der Waals surface area contributed by atoms with Gasteiger partial charge in [0.15, 0.2) is 5.17 Å². The fourth-order valence-corrected chi connectivity index (χ4v) is 5.23. The van der Waals surface area contributed by atoms with E-state index >= 15 is 0 Å². The number of hydrogen-bond acceptors (Lipinski definition) is 7. The highest BCUT2D eigenvalue weighted by Gasteiger charge is 2.46. The quantitative estimate of drug-likeness (QED) is 0.627. The summed E-state index contributed by atoms with van der Waals surface area (Å²) >= 11 is 1.55. The summed E-state index contributed by atoms with van der Waals surface area (Å²) in [6, 6.07) is 12.2. The smallest absolute Gasteiger partial charge is 0.155 e. The van der Waals surface area contributed by atoms with Gasteiger partial charge in [-0.3, -0.25) is 4.79 Å². The number of nitrogens with two attached hydrogens (primary N) is 1. The zero-order valence-electron chi connectivity index (χ0n) is 18.3. The zero-order valence-corrected chi connectivity index (χ0v) is 19.1. The summed E-state index contributed by atoms with van der Waals surface area (Å²) in [6.07, 6.45) is 5.75. The van der Waals surface area contributed by atoms with Crippen molar-refractivity contribution in [2.45, 2.75) is 32.7 Å². The molecular weight excluding hydrogens is 420 g/mol. The van der Waals surface area contributed by atoms with Crippen LogP contribution in [0.5, 0.6) is 11.5 Å². The average molecular weight is 445 g/mol. The molecule has 0 radical (unpaired) electrons. The number of aromatic nitrogens is 2. The Morgan fingerprint density at radius 3 is 2.44 bits per heavy atom. The van der Waals surface area contributed by atoms with Crippen LogP contribution >= 0.6 is 11.8 Å². The number of ketones is 1. The van der Waals surface area contributed by atoms with Crippen LogP contribution in [-0.4, -0.2) is 26.7 Å². The minimum absolute atomic E-state index is 0.167. The number of hydrogen-bond donors (Lipinski definition) is 1. The largest absolute Gasteiger partial charge is 0.457 e. The van der Waals surface area contributed by atoms with Crippen molar-refractivity contribution in [2.75, 3.05) is 5.75 Å². The Bertz CT molecular complexity index is 1260. The van der Waals surface area contributed by atoms with Crippen LogP contribution in [-0.2, 0) is 16.8 Å². The molecule has 6 nitrogen and oxygen atoms in total. The van der Waals surface area contributed by atoms with E-state index < -0.39 is 11.0 Å². The lowest BCUT2D eigenvalue weighted by Crippen LogP contribution is -2.31. The predicted molar refractivity (Wildman–Crippen MR) is 127 cm³/mol. The van der Waals surface area contributed by atoms with Crippen molar-refractivity contribution in [2.24, 2.45) is 16.1 Å². The average Bonchev–Trinajstić information content (AvgIpc) is 3.17. The van der Waals surface area contributed by atoms with E-state index in [1.165, 1.54) is 6.33 Å². The second-order valence-electron chi connectivity index (χ2n) is 8.99. The van der Waals surface area contributed by atoms with E-state index in [4.69, 9.17) is 15.5 Å². The molecule has 1 atom stereocenters. The van der Waals surface area contributed by atoms with Crippen molar-refractivity contribution in [1.29, 1.82) is 0 Å². The summed E-state index contributed by atoms with van der Waals surface area (Å²) < 4.78 is 6.31. The number of carbonyl (C=O) groups is 1. The van der Waals surface area contributed by atoms with Gasteiger partial charge in [-0.1, -0.05) is 37.7 Å². The van der Waals surface area contributed by atoms with Crippen molar-refractivity contribution >= 4 is 22.7 Å². The molecule has 3 heterocycles. The SMILES string of the molecule is CC(=O)C(C)(C)Cc1ccc2c(c1)C1(CSC(N)=N1)c1cc(-c3cncnc3)ccc1O2. The number of aliphatic imine (C=N–C) groups is 1.